The van der Waals surface area contributed by atoms with Gasteiger partial charge in [0.2, 0.25) is 0 Å². The normalized spacial score (nSPS) is 14.9. The molecule has 2 aromatic carbocycles. The third-order valence-corrected chi connectivity index (χ3v) is 5.96. The smallest absolute Gasteiger partial charge is 0.332 e. The Hall–Kier alpha value is -3.59. The molecule has 0 spiro atoms. The van der Waals surface area contributed by atoms with Crippen molar-refractivity contribution in [1.29, 1.82) is 0 Å². The van der Waals surface area contributed by atoms with Crippen LogP contribution in [-0.4, -0.2) is 27.2 Å². The van der Waals surface area contributed by atoms with Crippen LogP contribution in [0.2, 0.25) is 0 Å². The van der Waals surface area contributed by atoms with Crippen LogP contribution in [0.15, 0.2) is 58.1 Å². The van der Waals surface area contributed by atoms with Crippen molar-refractivity contribution in [2.75, 3.05) is 16.8 Å². The third kappa shape index (κ3) is 4.56. The van der Waals surface area contributed by atoms with Gasteiger partial charge in [-0.15, -0.1) is 0 Å². The van der Waals surface area contributed by atoms with Crippen molar-refractivity contribution in [3.63, 3.8) is 0 Å². The van der Waals surface area contributed by atoms with Crippen LogP contribution in [-0.2, 0) is 20.1 Å². The Morgan fingerprint density at radius 2 is 1.76 bits per heavy atom. The number of aromatic nitrogens is 2. The van der Waals surface area contributed by atoms with Gasteiger partial charge >= 0.3 is 5.69 Å². The summed E-state index contributed by atoms with van der Waals surface area (Å²) in [6.07, 6.45) is -0.487. The first-order valence-corrected chi connectivity index (χ1v) is 11.3. The van der Waals surface area contributed by atoms with Gasteiger partial charge in [-0.2, -0.15) is 0 Å². The highest BCUT2D eigenvalue weighted by Crippen LogP contribution is 2.33. The third-order valence-electron chi connectivity index (χ3n) is 5.96. The summed E-state index contributed by atoms with van der Waals surface area (Å²) in [5.74, 6) is 0.978. The zero-order valence-electron chi connectivity index (χ0n) is 19.5. The number of fused-ring (bicyclic) bond motifs is 1. The predicted octanol–water partition coefficient (Wildman–Crippen LogP) is 2.99. The number of nitrogens with one attached hydrogen (secondary N) is 1. The molecule has 0 saturated heterocycles. The number of aliphatic hydroxyl groups is 1. The average Bonchev–Trinajstić information content (AvgIpc) is 3.17. The number of anilines is 2. The predicted molar refractivity (Wildman–Crippen MR) is 129 cm³/mol. The molecule has 9 heteroatoms. The van der Waals surface area contributed by atoms with E-state index in [9.17, 15) is 19.1 Å². The Morgan fingerprint density at radius 1 is 1.09 bits per heavy atom. The van der Waals surface area contributed by atoms with Crippen molar-refractivity contribution in [2.24, 2.45) is 7.05 Å². The first-order valence-electron chi connectivity index (χ1n) is 11.3. The molecule has 0 saturated carbocycles. The Kier molecular flexibility index (Phi) is 6.74. The number of halogens is 1. The molecular formula is C25H29FN4O4. The van der Waals surface area contributed by atoms with Gasteiger partial charge in [-0.05, 0) is 47.7 Å². The Labute approximate surface area is 196 Å². The summed E-state index contributed by atoms with van der Waals surface area (Å²) in [5.41, 5.74) is 1.28. The zero-order valence-corrected chi connectivity index (χ0v) is 19.5. The molecule has 34 heavy (non-hydrogen) atoms. The van der Waals surface area contributed by atoms with E-state index in [2.05, 4.69) is 19.2 Å². The molecule has 2 heterocycles. The molecule has 3 aromatic rings. The minimum atomic E-state index is -0.767. The molecular weight excluding hydrogens is 439 g/mol. The Balaban J connectivity index is 1.75. The van der Waals surface area contributed by atoms with E-state index >= 15 is 0 Å². The number of aliphatic hydroxyl groups excluding tert-OH is 1. The van der Waals surface area contributed by atoms with Gasteiger partial charge in [0.15, 0.2) is 0 Å². The van der Waals surface area contributed by atoms with Crippen LogP contribution in [0, 0.1) is 5.82 Å². The summed E-state index contributed by atoms with van der Waals surface area (Å²) in [6.45, 7) is 4.43. The van der Waals surface area contributed by atoms with E-state index < -0.39 is 17.6 Å². The second kappa shape index (κ2) is 9.72. The topological polar surface area (TPSA) is 88.7 Å². The quantitative estimate of drug-likeness (QED) is 0.529. The van der Waals surface area contributed by atoms with Crippen LogP contribution in [0.4, 0.5) is 15.9 Å². The van der Waals surface area contributed by atoms with Crippen molar-refractivity contribution in [1.82, 2.24) is 9.13 Å². The summed E-state index contributed by atoms with van der Waals surface area (Å²) in [4.78, 5) is 27.9. The van der Waals surface area contributed by atoms with Gasteiger partial charge in [-0.3, -0.25) is 13.9 Å². The summed E-state index contributed by atoms with van der Waals surface area (Å²) in [7, 11) is 1.58. The Bertz CT molecular complexity index is 1270. The van der Waals surface area contributed by atoms with Crippen molar-refractivity contribution >= 4 is 11.5 Å². The zero-order chi connectivity index (χ0) is 24.4. The van der Waals surface area contributed by atoms with E-state index in [4.69, 9.17) is 4.74 Å². The molecule has 1 aromatic heterocycles. The van der Waals surface area contributed by atoms with Crippen LogP contribution in [0.5, 0.6) is 5.75 Å². The number of hydrogen-bond donors (Lipinski definition) is 2. The van der Waals surface area contributed by atoms with E-state index in [1.54, 1.807) is 24.1 Å². The van der Waals surface area contributed by atoms with Crippen molar-refractivity contribution in [3.05, 3.63) is 86.3 Å². The fraction of sp³-hybridized carbons (Fsp3) is 0.360. The lowest BCUT2D eigenvalue weighted by atomic mass is 10.0. The minimum Gasteiger partial charge on any atom is -0.452 e. The fourth-order valence-corrected chi connectivity index (χ4v) is 4.02. The molecule has 180 valence electrons. The monoisotopic (exact) mass is 468 g/mol. The van der Waals surface area contributed by atoms with Gasteiger partial charge < -0.3 is 20.1 Å². The highest BCUT2D eigenvalue weighted by molar-refractivity contribution is 5.71. The molecule has 1 atom stereocenters. The van der Waals surface area contributed by atoms with Gasteiger partial charge in [0.05, 0.1) is 0 Å². The number of ether oxygens (including phenoxy) is 1. The van der Waals surface area contributed by atoms with Crippen LogP contribution in [0.1, 0.15) is 37.3 Å². The highest BCUT2D eigenvalue weighted by Gasteiger charge is 2.36. The second-order valence-electron chi connectivity index (χ2n) is 8.67. The van der Waals surface area contributed by atoms with Gasteiger partial charge in [0.1, 0.15) is 23.1 Å². The van der Waals surface area contributed by atoms with E-state index in [1.165, 1.54) is 22.3 Å². The lowest BCUT2D eigenvalue weighted by Gasteiger charge is -2.26. The first kappa shape index (κ1) is 23.6. The molecule has 8 nitrogen and oxygen atoms in total. The van der Waals surface area contributed by atoms with Gasteiger partial charge in [0, 0.05) is 26.7 Å². The molecule has 1 unspecified atom stereocenters. The molecule has 0 amide bonds. The molecule has 1 aliphatic rings. The minimum absolute atomic E-state index is 0.0991. The van der Waals surface area contributed by atoms with E-state index in [0.29, 0.717) is 17.5 Å². The SMILES string of the molecule is CC(C)c1ccc(OC2Nc3c(c(=O)n(CCCO)c(=O)n3C)N2Cc2ccc(F)cc2)cc1. The van der Waals surface area contributed by atoms with E-state index in [-0.39, 0.29) is 37.6 Å². The summed E-state index contributed by atoms with van der Waals surface area (Å²) in [5, 5.41) is 12.4. The Morgan fingerprint density at radius 3 is 2.38 bits per heavy atom. The van der Waals surface area contributed by atoms with Crippen molar-refractivity contribution in [3.8, 4) is 5.75 Å². The second-order valence-corrected chi connectivity index (χ2v) is 8.67. The van der Waals surface area contributed by atoms with Crippen molar-refractivity contribution in [2.45, 2.75) is 45.6 Å². The fourth-order valence-electron chi connectivity index (χ4n) is 4.02. The summed E-state index contributed by atoms with van der Waals surface area (Å²) in [6, 6.07) is 13.7. The number of nitrogens with zero attached hydrogens (tertiary/aromatic N) is 3. The first-order chi connectivity index (χ1) is 16.3. The van der Waals surface area contributed by atoms with E-state index in [1.807, 2.05) is 24.3 Å². The summed E-state index contributed by atoms with van der Waals surface area (Å²) < 4.78 is 22.2. The van der Waals surface area contributed by atoms with Crippen LogP contribution >= 0.6 is 0 Å². The number of benzene rings is 2. The number of hydrogen-bond acceptors (Lipinski definition) is 6. The molecule has 2 N–H and O–H groups in total. The van der Waals surface area contributed by atoms with Gasteiger partial charge in [-0.1, -0.05) is 38.1 Å². The maximum atomic E-state index is 13.5. The summed E-state index contributed by atoms with van der Waals surface area (Å²) >= 11 is 0. The molecule has 1 aliphatic heterocycles. The number of rotatable bonds is 8. The maximum Gasteiger partial charge on any atom is 0.332 e. The van der Waals surface area contributed by atoms with Crippen LogP contribution < -0.4 is 26.2 Å². The largest absolute Gasteiger partial charge is 0.452 e. The lowest BCUT2D eigenvalue weighted by Crippen LogP contribution is -2.43. The van der Waals surface area contributed by atoms with Gasteiger partial charge in [0.25, 0.3) is 11.9 Å². The molecule has 0 fully saturated rings. The molecule has 0 radical (unpaired) electrons. The maximum absolute atomic E-state index is 13.5. The molecule has 4 rings (SSSR count). The van der Waals surface area contributed by atoms with Crippen LogP contribution in [0.25, 0.3) is 0 Å². The molecule has 0 aliphatic carbocycles. The lowest BCUT2D eigenvalue weighted by molar-refractivity contribution is 0.227. The van der Waals surface area contributed by atoms with E-state index in [0.717, 1.165) is 10.1 Å². The van der Waals surface area contributed by atoms with Crippen molar-refractivity contribution < 1.29 is 14.2 Å². The average molecular weight is 469 g/mol. The van der Waals surface area contributed by atoms with Gasteiger partial charge in [-0.25, -0.2) is 9.18 Å². The standard InChI is InChI=1S/C25H29FN4O4/c1-16(2)18-7-11-20(12-8-18)34-24-27-22-21(30(24)15-17-5-9-19(26)10-6-17)23(32)29(13-4-14-31)25(33)28(22)3/h5-12,16,24,27,31H,4,13-15H2,1-3H3. The molecule has 0 bridgehead atoms. The van der Waals surface area contributed by atoms with Crippen LogP contribution in [0.3, 0.4) is 0 Å². The highest BCUT2D eigenvalue weighted by atomic mass is 19.1.